The van der Waals surface area contributed by atoms with Crippen LogP contribution < -0.4 is 9.47 Å². The van der Waals surface area contributed by atoms with Gasteiger partial charge in [0.05, 0.1) is 13.2 Å². The zero-order chi connectivity index (χ0) is 16.7. The first kappa shape index (κ1) is 16.6. The average molecular weight is 308 g/mol. The Morgan fingerprint density at radius 2 is 1.87 bits per heavy atom. The zero-order valence-electron chi connectivity index (χ0n) is 13.5. The fourth-order valence-electron chi connectivity index (χ4n) is 2.34. The van der Waals surface area contributed by atoms with E-state index in [-0.39, 0.29) is 5.57 Å². The van der Waals surface area contributed by atoms with Crippen molar-refractivity contribution in [2.45, 2.75) is 26.7 Å². The Morgan fingerprint density at radius 3 is 2.43 bits per heavy atom. The lowest BCUT2D eigenvalue weighted by atomic mass is 10.0. The largest absolute Gasteiger partial charge is 0.494 e. The minimum Gasteiger partial charge on any atom is -0.494 e. The third-order valence-corrected chi connectivity index (χ3v) is 3.57. The third kappa shape index (κ3) is 4.37. The molecule has 118 valence electrons. The van der Waals surface area contributed by atoms with Crippen LogP contribution in [-0.4, -0.2) is 13.2 Å². The maximum absolute atomic E-state index is 9.10. The van der Waals surface area contributed by atoms with Crippen LogP contribution in [0.15, 0.2) is 35.4 Å². The first-order valence-electron chi connectivity index (χ1n) is 7.85. The molecule has 0 atom stereocenters. The number of nitrogens with zero attached hydrogens (tertiary/aromatic N) is 2. The quantitative estimate of drug-likeness (QED) is 0.558. The molecule has 1 aromatic carbocycles. The van der Waals surface area contributed by atoms with Crippen molar-refractivity contribution in [3.8, 4) is 23.6 Å². The Hall–Kier alpha value is -2.72. The van der Waals surface area contributed by atoms with Gasteiger partial charge in [0.1, 0.15) is 29.2 Å². The van der Waals surface area contributed by atoms with Gasteiger partial charge in [-0.3, -0.25) is 0 Å². The molecule has 2 rings (SSSR count). The minimum atomic E-state index is 0.202. The Labute approximate surface area is 137 Å². The molecule has 1 saturated carbocycles. The molecule has 0 aliphatic heterocycles. The number of nitriles is 2. The Bertz CT molecular complexity index is 685. The van der Waals surface area contributed by atoms with Gasteiger partial charge >= 0.3 is 0 Å². The molecule has 4 heteroatoms. The molecule has 1 aromatic rings. The van der Waals surface area contributed by atoms with Crippen molar-refractivity contribution < 1.29 is 9.47 Å². The molecule has 0 bridgehead atoms. The van der Waals surface area contributed by atoms with Crippen molar-refractivity contribution in [3.63, 3.8) is 0 Å². The number of rotatable bonds is 7. The number of allylic oxidation sites excluding steroid dienone is 3. The number of ether oxygens (including phenoxy) is 2. The first-order valence-corrected chi connectivity index (χ1v) is 7.85. The molecule has 0 aromatic heterocycles. The Balaban J connectivity index is 2.32. The smallest absolute Gasteiger partial charge is 0.133 e. The Morgan fingerprint density at radius 1 is 1.17 bits per heavy atom. The molecule has 1 fully saturated rings. The summed E-state index contributed by atoms with van der Waals surface area (Å²) >= 11 is 0. The molecule has 23 heavy (non-hydrogen) atoms. The maximum Gasteiger partial charge on any atom is 0.133 e. The predicted molar refractivity (Wildman–Crippen MR) is 88.8 cm³/mol. The van der Waals surface area contributed by atoms with Crippen molar-refractivity contribution in [1.82, 2.24) is 0 Å². The second-order valence-electron chi connectivity index (χ2n) is 5.23. The molecule has 0 radical (unpaired) electrons. The molecule has 0 spiro atoms. The lowest BCUT2D eigenvalue weighted by Gasteiger charge is -2.10. The summed E-state index contributed by atoms with van der Waals surface area (Å²) in [5.74, 6) is 1.83. The summed E-state index contributed by atoms with van der Waals surface area (Å²) in [7, 11) is 0. The molecule has 0 saturated heterocycles. The lowest BCUT2D eigenvalue weighted by Crippen LogP contribution is -1.97. The topological polar surface area (TPSA) is 66.0 Å². The van der Waals surface area contributed by atoms with E-state index in [1.54, 1.807) is 0 Å². The van der Waals surface area contributed by atoms with E-state index in [2.05, 4.69) is 0 Å². The highest BCUT2D eigenvalue weighted by Gasteiger charge is 2.27. The molecule has 1 aliphatic carbocycles. The van der Waals surface area contributed by atoms with Crippen LogP contribution in [-0.2, 0) is 0 Å². The van der Waals surface area contributed by atoms with Gasteiger partial charge in [0.25, 0.3) is 0 Å². The van der Waals surface area contributed by atoms with Crippen molar-refractivity contribution in [2.24, 2.45) is 5.92 Å². The minimum absolute atomic E-state index is 0.202. The second-order valence-corrected chi connectivity index (χ2v) is 5.23. The molecular formula is C19H20N2O2. The van der Waals surface area contributed by atoms with Crippen LogP contribution in [0.4, 0.5) is 0 Å². The van der Waals surface area contributed by atoms with E-state index in [9.17, 15) is 0 Å². The number of hydrogen-bond acceptors (Lipinski definition) is 4. The van der Waals surface area contributed by atoms with Crippen LogP contribution in [0.3, 0.4) is 0 Å². The molecular weight excluding hydrogens is 288 g/mol. The molecule has 0 amide bonds. The maximum atomic E-state index is 9.10. The highest BCUT2D eigenvalue weighted by atomic mass is 16.5. The summed E-state index contributed by atoms with van der Waals surface area (Å²) in [6.07, 6.45) is 5.85. The highest BCUT2D eigenvalue weighted by Crippen LogP contribution is 2.39. The normalized spacial score (nSPS) is 13.2. The molecule has 0 unspecified atom stereocenters. The van der Waals surface area contributed by atoms with Crippen LogP contribution in [0.25, 0.3) is 6.08 Å². The predicted octanol–water partition coefficient (Wildman–Crippen LogP) is 4.25. The first-order chi connectivity index (χ1) is 11.2. The van der Waals surface area contributed by atoms with Gasteiger partial charge in [0.2, 0.25) is 0 Å². The number of hydrogen-bond donors (Lipinski definition) is 0. The molecule has 0 N–H and O–H groups in total. The SMILES string of the molecule is CCOc1ccc(C=CC(=C(C#N)C#N)C2CC2)c(OCC)c1. The summed E-state index contributed by atoms with van der Waals surface area (Å²) < 4.78 is 11.2. The fourth-order valence-corrected chi connectivity index (χ4v) is 2.34. The molecule has 4 nitrogen and oxygen atoms in total. The van der Waals surface area contributed by atoms with Gasteiger partial charge in [-0.15, -0.1) is 0 Å². The van der Waals surface area contributed by atoms with Crippen molar-refractivity contribution in [3.05, 3.63) is 41.0 Å². The zero-order valence-corrected chi connectivity index (χ0v) is 13.5. The second kappa shape index (κ2) is 8.06. The van der Waals surface area contributed by atoms with E-state index in [4.69, 9.17) is 20.0 Å². The highest BCUT2D eigenvalue weighted by molar-refractivity contribution is 5.63. The average Bonchev–Trinajstić information content (AvgIpc) is 3.38. The van der Waals surface area contributed by atoms with Crippen LogP contribution in [0.1, 0.15) is 32.3 Å². The van der Waals surface area contributed by atoms with Crippen molar-refractivity contribution in [2.75, 3.05) is 13.2 Å². The fraction of sp³-hybridized carbons (Fsp3) is 0.368. The standard InChI is InChI=1S/C19H20N2O2/c1-3-22-17-9-7-15(19(11-17)23-4-2)8-10-18(14-5-6-14)16(12-20)13-21/h7-11,14H,3-6H2,1-2H3. The molecule has 0 heterocycles. The van der Waals surface area contributed by atoms with Gasteiger partial charge < -0.3 is 9.47 Å². The summed E-state index contributed by atoms with van der Waals surface area (Å²) in [6.45, 7) is 5.03. The summed E-state index contributed by atoms with van der Waals surface area (Å²) in [4.78, 5) is 0. The van der Waals surface area contributed by atoms with Gasteiger partial charge in [-0.2, -0.15) is 10.5 Å². The van der Waals surface area contributed by atoms with E-state index < -0.39 is 0 Å². The van der Waals surface area contributed by atoms with E-state index >= 15 is 0 Å². The van der Waals surface area contributed by atoms with E-state index in [0.29, 0.717) is 19.1 Å². The van der Waals surface area contributed by atoms with Crippen molar-refractivity contribution in [1.29, 1.82) is 10.5 Å². The number of benzene rings is 1. The summed E-state index contributed by atoms with van der Waals surface area (Å²) in [5.41, 5.74) is 1.93. The van der Waals surface area contributed by atoms with Crippen molar-refractivity contribution >= 4 is 6.08 Å². The van der Waals surface area contributed by atoms with Crippen LogP contribution in [0.5, 0.6) is 11.5 Å². The van der Waals surface area contributed by atoms with Crippen LogP contribution in [0, 0.1) is 28.6 Å². The van der Waals surface area contributed by atoms with Crippen LogP contribution >= 0.6 is 0 Å². The summed E-state index contributed by atoms with van der Waals surface area (Å²) in [6, 6.07) is 9.66. The van der Waals surface area contributed by atoms with Gasteiger partial charge in [0.15, 0.2) is 0 Å². The van der Waals surface area contributed by atoms with Gasteiger partial charge in [-0.25, -0.2) is 0 Å². The van der Waals surface area contributed by atoms with Gasteiger partial charge in [-0.1, -0.05) is 12.2 Å². The van der Waals surface area contributed by atoms with E-state index in [0.717, 1.165) is 35.5 Å². The van der Waals surface area contributed by atoms with E-state index in [1.807, 2.05) is 56.3 Å². The lowest BCUT2D eigenvalue weighted by molar-refractivity contribution is 0.322. The third-order valence-electron chi connectivity index (χ3n) is 3.57. The monoisotopic (exact) mass is 308 g/mol. The van der Waals surface area contributed by atoms with Gasteiger partial charge in [0, 0.05) is 11.6 Å². The summed E-state index contributed by atoms with van der Waals surface area (Å²) in [5, 5.41) is 18.2. The molecule has 1 aliphatic rings. The van der Waals surface area contributed by atoms with E-state index in [1.165, 1.54) is 0 Å². The Kier molecular flexibility index (Phi) is 5.83. The van der Waals surface area contributed by atoms with Gasteiger partial charge in [-0.05, 0) is 50.3 Å². The van der Waals surface area contributed by atoms with Crippen LogP contribution in [0.2, 0.25) is 0 Å².